The Morgan fingerprint density at radius 1 is 1.11 bits per heavy atom. The zero-order valence-electron chi connectivity index (χ0n) is 21.2. The molecule has 0 aliphatic heterocycles. The third-order valence-corrected chi connectivity index (χ3v) is 6.37. The number of carbonyl (C=O) groups is 1. The number of rotatable bonds is 12. The molecule has 1 N–H and O–H groups in total. The van der Waals surface area contributed by atoms with E-state index >= 15 is 0 Å². The minimum Gasteiger partial charge on any atom is -0.493 e. The van der Waals surface area contributed by atoms with Crippen molar-refractivity contribution in [2.45, 2.75) is 38.8 Å². The van der Waals surface area contributed by atoms with Gasteiger partial charge in [0, 0.05) is 11.6 Å². The molecule has 1 amide bonds. The molecule has 1 atom stereocenters. The Balaban J connectivity index is 1.42. The summed E-state index contributed by atoms with van der Waals surface area (Å²) in [5, 5.41) is 3.75. The normalized spacial score (nSPS) is 11.8. The van der Waals surface area contributed by atoms with Crippen LogP contribution in [0.1, 0.15) is 36.3 Å². The monoisotopic (exact) mass is 517 g/mol. The first kappa shape index (κ1) is 26.3. The molecule has 0 spiro atoms. The lowest BCUT2D eigenvalue weighted by molar-refractivity contribution is -0.121. The van der Waals surface area contributed by atoms with Gasteiger partial charge >= 0.3 is 0 Å². The van der Waals surface area contributed by atoms with Crippen LogP contribution < -0.4 is 14.8 Å². The first-order valence-corrected chi connectivity index (χ1v) is 12.8. The number of halogens is 1. The molecule has 4 rings (SSSR count). The molecular formula is C30H32ClN3O3. The molecule has 0 radical (unpaired) electrons. The van der Waals surface area contributed by atoms with Gasteiger partial charge in [0.25, 0.3) is 0 Å². The summed E-state index contributed by atoms with van der Waals surface area (Å²) in [6.07, 6.45) is 3.68. The van der Waals surface area contributed by atoms with Gasteiger partial charge in [0.05, 0.1) is 37.2 Å². The fourth-order valence-electron chi connectivity index (χ4n) is 4.33. The Morgan fingerprint density at radius 2 is 1.86 bits per heavy atom. The van der Waals surface area contributed by atoms with E-state index in [0.29, 0.717) is 29.7 Å². The number of nitrogens with zero attached hydrogens (tertiary/aromatic N) is 2. The number of amides is 1. The van der Waals surface area contributed by atoms with Gasteiger partial charge in [-0.25, -0.2) is 4.98 Å². The summed E-state index contributed by atoms with van der Waals surface area (Å²) < 4.78 is 13.7. The topological polar surface area (TPSA) is 65.4 Å². The van der Waals surface area contributed by atoms with Crippen molar-refractivity contribution in [3.8, 4) is 11.5 Å². The lowest BCUT2D eigenvalue weighted by Gasteiger charge is -2.17. The van der Waals surface area contributed by atoms with Crippen LogP contribution in [0.25, 0.3) is 11.0 Å². The van der Waals surface area contributed by atoms with Crippen molar-refractivity contribution in [1.82, 2.24) is 14.9 Å². The van der Waals surface area contributed by atoms with E-state index in [-0.39, 0.29) is 18.4 Å². The molecule has 7 heteroatoms. The van der Waals surface area contributed by atoms with Crippen LogP contribution in [-0.2, 0) is 24.2 Å². The number of methoxy groups -OCH3 is 1. The van der Waals surface area contributed by atoms with Crippen molar-refractivity contribution < 1.29 is 14.3 Å². The number of hydrogen-bond donors (Lipinski definition) is 1. The van der Waals surface area contributed by atoms with Crippen molar-refractivity contribution in [1.29, 1.82) is 0 Å². The Hall–Kier alpha value is -3.77. The largest absolute Gasteiger partial charge is 0.493 e. The van der Waals surface area contributed by atoms with Gasteiger partial charge in [0.1, 0.15) is 5.82 Å². The van der Waals surface area contributed by atoms with Crippen LogP contribution in [-0.4, -0.2) is 29.2 Å². The van der Waals surface area contributed by atoms with E-state index in [9.17, 15) is 4.79 Å². The highest BCUT2D eigenvalue weighted by atomic mass is 35.5. The summed E-state index contributed by atoms with van der Waals surface area (Å²) in [7, 11) is 1.65. The highest BCUT2D eigenvalue weighted by Crippen LogP contribution is 2.29. The summed E-state index contributed by atoms with van der Waals surface area (Å²) in [6.45, 7) is 6.96. The molecule has 6 nitrogen and oxygen atoms in total. The fourth-order valence-corrected chi connectivity index (χ4v) is 4.46. The van der Waals surface area contributed by atoms with Crippen LogP contribution >= 0.6 is 11.6 Å². The highest BCUT2D eigenvalue weighted by Gasteiger charge is 2.18. The second kappa shape index (κ2) is 12.5. The zero-order chi connectivity index (χ0) is 26.2. The summed E-state index contributed by atoms with van der Waals surface area (Å²) >= 11 is 5.96. The first-order valence-electron chi connectivity index (χ1n) is 12.4. The van der Waals surface area contributed by atoms with E-state index < -0.39 is 0 Å². The predicted molar refractivity (Wildman–Crippen MR) is 148 cm³/mol. The van der Waals surface area contributed by atoms with E-state index in [0.717, 1.165) is 40.8 Å². The molecule has 0 aliphatic carbocycles. The molecule has 0 saturated carbocycles. The number of hydrogen-bond acceptors (Lipinski definition) is 4. The minimum absolute atomic E-state index is 0.0660. The molecule has 192 valence electrons. The smallest absolute Gasteiger partial charge is 0.224 e. The predicted octanol–water partition coefficient (Wildman–Crippen LogP) is 6.32. The zero-order valence-corrected chi connectivity index (χ0v) is 22.0. The Bertz CT molecular complexity index is 1360. The highest BCUT2D eigenvalue weighted by molar-refractivity contribution is 6.30. The van der Waals surface area contributed by atoms with Crippen molar-refractivity contribution >= 4 is 28.5 Å². The Labute approximate surface area is 222 Å². The first-order chi connectivity index (χ1) is 18.0. The van der Waals surface area contributed by atoms with Gasteiger partial charge in [-0.2, -0.15) is 0 Å². The fraction of sp³-hybridized carbons (Fsp3) is 0.267. The molecular weight excluding hydrogens is 486 g/mol. The third kappa shape index (κ3) is 6.71. The Morgan fingerprint density at radius 3 is 2.62 bits per heavy atom. The number of aryl methyl sites for hydroxylation is 1. The molecule has 0 bridgehead atoms. The number of fused-ring (bicyclic) bond motifs is 1. The van der Waals surface area contributed by atoms with Crippen LogP contribution in [0.3, 0.4) is 0 Å². The van der Waals surface area contributed by atoms with Gasteiger partial charge in [-0.05, 0) is 67.3 Å². The van der Waals surface area contributed by atoms with E-state index in [4.69, 9.17) is 26.1 Å². The van der Waals surface area contributed by atoms with Crippen molar-refractivity contribution in [3.05, 3.63) is 101 Å². The molecule has 1 unspecified atom stereocenters. The van der Waals surface area contributed by atoms with Crippen LogP contribution in [0.5, 0.6) is 11.5 Å². The lowest BCUT2D eigenvalue weighted by atomic mass is 10.1. The maximum absolute atomic E-state index is 12.7. The average Bonchev–Trinajstić information content (AvgIpc) is 3.27. The molecule has 1 aromatic heterocycles. The molecule has 37 heavy (non-hydrogen) atoms. The van der Waals surface area contributed by atoms with Gasteiger partial charge in [0.15, 0.2) is 11.5 Å². The minimum atomic E-state index is -0.259. The van der Waals surface area contributed by atoms with E-state index in [1.165, 1.54) is 0 Å². The molecule has 4 aromatic rings. The van der Waals surface area contributed by atoms with Crippen LogP contribution in [0, 0.1) is 0 Å². The molecule has 0 saturated heterocycles. The SMILES string of the molecule is C=CCc1ccc(OCCCn2c(C(C)NC(=O)Cc3ccc(Cl)cc3)nc3ccccc32)c(OC)c1. The van der Waals surface area contributed by atoms with Gasteiger partial charge in [0.2, 0.25) is 5.91 Å². The van der Waals surface area contributed by atoms with Crippen molar-refractivity contribution in [3.63, 3.8) is 0 Å². The number of para-hydroxylation sites is 2. The second-order valence-electron chi connectivity index (χ2n) is 8.88. The van der Waals surface area contributed by atoms with Gasteiger partial charge in [-0.3, -0.25) is 4.79 Å². The maximum Gasteiger partial charge on any atom is 0.224 e. The number of carbonyl (C=O) groups excluding carboxylic acids is 1. The number of allylic oxidation sites excluding steroid dienone is 1. The molecule has 3 aromatic carbocycles. The van der Waals surface area contributed by atoms with Crippen molar-refractivity contribution in [2.24, 2.45) is 0 Å². The number of imidazole rings is 1. The van der Waals surface area contributed by atoms with Crippen LogP contribution in [0.4, 0.5) is 0 Å². The summed E-state index contributed by atoms with van der Waals surface area (Å²) in [6, 6.07) is 21.0. The molecule has 0 fully saturated rings. The second-order valence-corrected chi connectivity index (χ2v) is 9.32. The van der Waals surface area contributed by atoms with Crippen LogP contribution in [0.2, 0.25) is 5.02 Å². The average molecular weight is 518 g/mol. The van der Waals surface area contributed by atoms with E-state index in [1.807, 2.05) is 61.5 Å². The Kier molecular flexibility index (Phi) is 8.86. The van der Waals surface area contributed by atoms with Crippen LogP contribution in [0.15, 0.2) is 79.4 Å². The maximum atomic E-state index is 12.7. The standard InChI is InChI=1S/C30H32ClN3O3/c1-4-8-22-13-16-27(28(19-22)36-3)37-18-7-17-34-26-10-6-5-9-25(26)33-30(34)21(2)32-29(35)20-23-11-14-24(31)15-12-23/h4-6,9-16,19,21H,1,7-8,17-18,20H2,2-3H3,(H,32,35). The summed E-state index contributed by atoms with van der Waals surface area (Å²) in [5.74, 6) is 2.18. The van der Waals surface area contributed by atoms with E-state index in [2.05, 4.69) is 22.5 Å². The van der Waals surface area contributed by atoms with Crippen molar-refractivity contribution in [2.75, 3.05) is 13.7 Å². The third-order valence-electron chi connectivity index (χ3n) is 6.12. The number of ether oxygens (including phenoxy) is 2. The number of nitrogens with one attached hydrogen (secondary N) is 1. The number of benzene rings is 3. The number of aromatic nitrogens is 2. The van der Waals surface area contributed by atoms with E-state index in [1.54, 1.807) is 19.2 Å². The molecule has 0 aliphatic rings. The van der Waals surface area contributed by atoms with Gasteiger partial charge in [-0.1, -0.05) is 48.0 Å². The molecule has 1 heterocycles. The van der Waals surface area contributed by atoms with Gasteiger partial charge in [-0.15, -0.1) is 6.58 Å². The van der Waals surface area contributed by atoms with Gasteiger partial charge < -0.3 is 19.4 Å². The summed E-state index contributed by atoms with van der Waals surface area (Å²) in [5.41, 5.74) is 3.97. The lowest BCUT2D eigenvalue weighted by Crippen LogP contribution is -2.30. The summed E-state index contributed by atoms with van der Waals surface area (Å²) in [4.78, 5) is 17.6. The quantitative estimate of drug-likeness (QED) is 0.176.